The van der Waals surface area contributed by atoms with Crippen LogP contribution >= 0.6 is 0 Å². The molecule has 2 unspecified atom stereocenters. The number of hydrogen-bond acceptors (Lipinski definition) is 2. The molecule has 0 aliphatic carbocycles. The first-order valence-electron chi connectivity index (χ1n) is 6.55. The van der Waals surface area contributed by atoms with E-state index in [-0.39, 0.29) is 24.4 Å². The zero-order valence-electron chi connectivity index (χ0n) is 11.1. The highest BCUT2D eigenvalue weighted by Gasteiger charge is 2.30. The van der Waals surface area contributed by atoms with Gasteiger partial charge in [-0.15, -0.1) is 0 Å². The molecule has 2 rings (SSSR count). The van der Waals surface area contributed by atoms with Crippen LogP contribution in [0.1, 0.15) is 24.5 Å². The van der Waals surface area contributed by atoms with Gasteiger partial charge in [0.1, 0.15) is 0 Å². The molecule has 3 nitrogen and oxygen atoms in total. The third-order valence-electron chi connectivity index (χ3n) is 3.61. The molecule has 1 saturated heterocycles. The number of carbonyl (C=O) groups is 1. The molecule has 1 aromatic rings. The lowest BCUT2D eigenvalue weighted by Crippen LogP contribution is -2.36. The number of carbonyl (C=O) groups excluding carboxylic acids is 1. The zero-order chi connectivity index (χ0) is 14.8. The molecule has 1 amide bonds. The van der Waals surface area contributed by atoms with Crippen molar-refractivity contribution >= 4 is 5.91 Å². The van der Waals surface area contributed by atoms with Crippen LogP contribution in [0.2, 0.25) is 0 Å². The third-order valence-corrected chi connectivity index (χ3v) is 3.61. The third kappa shape index (κ3) is 3.50. The quantitative estimate of drug-likeness (QED) is 0.895. The number of alkyl halides is 3. The highest BCUT2D eigenvalue weighted by molar-refractivity contribution is 5.79. The Bertz CT molecular complexity index is 470. The second kappa shape index (κ2) is 5.83. The number of hydrogen-bond donors (Lipinski definition) is 2. The SMILES string of the molecule is CC1NCCC1C(=O)NCc1ccc(C(F)(F)F)cc1. The Hall–Kier alpha value is -1.56. The minimum Gasteiger partial charge on any atom is -0.352 e. The molecule has 0 radical (unpaired) electrons. The summed E-state index contributed by atoms with van der Waals surface area (Å²) in [6.07, 6.45) is -3.53. The number of nitrogens with one attached hydrogen (secondary N) is 2. The van der Waals surface area contributed by atoms with E-state index in [0.717, 1.165) is 25.1 Å². The second-order valence-corrected chi connectivity index (χ2v) is 5.05. The van der Waals surface area contributed by atoms with Crippen molar-refractivity contribution < 1.29 is 18.0 Å². The molecule has 2 N–H and O–H groups in total. The fourth-order valence-electron chi connectivity index (χ4n) is 2.35. The minimum atomic E-state index is -4.33. The molecule has 0 aromatic heterocycles. The molecule has 1 fully saturated rings. The minimum absolute atomic E-state index is 0.0533. The molecule has 1 aromatic carbocycles. The summed E-state index contributed by atoms with van der Waals surface area (Å²) in [6, 6.07) is 4.98. The Morgan fingerprint density at radius 3 is 2.50 bits per heavy atom. The van der Waals surface area contributed by atoms with Crippen molar-refractivity contribution in [3.63, 3.8) is 0 Å². The van der Waals surface area contributed by atoms with Crippen molar-refractivity contribution in [3.8, 4) is 0 Å². The summed E-state index contributed by atoms with van der Waals surface area (Å²) in [5.41, 5.74) is -0.0221. The Kier molecular flexibility index (Phi) is 4.32. The maximum atomic E-state index is 12.4. The molecular weight excluding hydrogens is 269 g/mol. The molecule has 0 bridgehead atoms. The number of benzene rings is 1. The van der Waals surface area contributed by atoms with Gasteiger partial charge in [0.25, 0.3) is 0 Å². The van der Waals surface area contributed by atoms with Gasteiger partial charge in [-0.2, -0.15) is 13.2 Å². The van der Waals surface area contributed by atoms with E-state index in [1.54, 1.807) is 0 Å². The van der Waals surface area contributed by atoms with Gasteiger partial charge in [-0.25, -0.2) is 0 Å². The Morgan fingerprint density at radius 1 is 1.35 bits per heavy atom. The fraction of sp³-hybridized carbons (Fsp3) is 0.500. The number of rotatable bonds is 3. The first kappa shape index (κ1) is 14.8. The van der Waals surface area contributed by atoms with Crippen LogP contribution in [0.25, 0.3) is 0 Å². The van der Waals surface area contributed by atoms with E-state index in [1.165, 1.54) is 12.1 Å². The smallest absolute Gasteiger partial charge is 0.352 e. The summed E-state index contributed by atoms with van der Waals surface area (Å²) in [6.45, 7) is 3.02. The molecule has 0 saturated carbocycles. The van der Waals surface area contributed by atoms with Gasteiger partial charge >= 0.3 is 6.18 Å². The van der Waals surface area contributed by atoms with Crippen molar-refractivity contribution in [1.29, 1.82) is 0 Å². The normalized spacial score (nSPS) is 22.8. The van der Waals surface area contributed by atoms with Crippen LogP contribution in [0.15, 0.2) is 24.3 Å². The molecule has 6 heteroatoms. The van der Waals surface area contributed by atoms with Gasteiger partial charge in [-0.1, -0.05) is 12.1 Å². The molecule has 110 valence electrons. The number of halogens is 3. The van der Waals surface area contributed by atoms with Crippen LogP contribution in [0.4, 0.5) is 13.2 Å². The lowest BCUT2D eigenvalue weighted by atomic mass is 10.0. The maximum Gasteiger partial charge on any atom is 0.416 e. The van der Waals surface area contributed by atoms with Crippen molar-refractivity contribution in [2.45, 2.75) is 32.1 Å². The molecule has 1 aliphatic rings. The van der Waals surface area contributed by atoms with Gasteiger partial charge in [-0.05, 0) is 37.6 Å². The van der Waals surface area contributed by atoms with E-state index in [2.05, 4.69) is 10.6 Å². The van der Waals surface area contributed by atoms with Crippen LogP contribution in [0.5, 0.6) is 0 Å². The zero-order valence-corrected chi connectivity index (χ0v) is 11.1. The summed E-state index contributed by atoms with van der Waals surface area (Å²) in [4.78, 5) is 11.9. The lowest BCUT2D eigenvalue weighted by Gasteiger charge is -2.15. The van der Waals surface area contributed by atoms with Crippen LogP contribution in [0.3, 0.4) is 0 Å². The molecule has 2 atom stereocenters. The molecular formula is C14H17F3N2O. The first-order valence-corrected chi connectivity index (χ1v) is 6.55. The van der Waals surface area contributed by atoms with E-state index < -0.39 is 11.7 Å². The van der Waals surface area contributed by atoms with Crippen molar-refractivity contribution in [2.75, 3.05) is 6.54 Å². The standard InChI is InChI=1S/C14H17F3N2O/c1-9-12(6-7-18-9)13(20)19-8-10-2-4-11(5-3-10)14(15,16)17/h2-5,9,12,18H,6-8H2,1H3,(H,19,20). The molecule has 1 aliphatic heterocycles. The highest BCUT2D eigenvalue weighted by Crippen LogP contribution is 2.29. The van der Waals surface area contributed by atoms with Gasteiger partial charge in [-0.3, -0.25) is 4.79 Å². The van der Waals surface area contributed by atoms with Crippen molar-refractivity contribution in [1.82, 2.24) is 10.6 Å². The lowest BCUT2D eigenvalue weighted by molar-refractivity contribution is -0.137. The predicted octanol–water partition coefficient (Wildman–Crippen LogP) is 2.32. The van der Waals surface area contributed by atoms with Crippen LogP contribution in [-0.4, -0.2) is 18.5 Å². The molecule has 1 heterocycles. The summed E-state index contributed by atoms with van der Waals surface area (Å²) in [5.74, 6) is -0.119. The molecule has 0 spiro atoms. The van der Waals surface area contributed by atoms with Gasteiger partial charge in [0, 0.05) is 12.6 Å². The summed E-state index contributed by atoms with van der Waals surface area (Å²) < 4.78 is 37.2. The average Bonchev–Trinajstić information content (AvgIpc) is 2.82. The summed E-state index contributed by atoms with van der Waals surface area (Å²) in [5, 5.41) is 5.96. The Morgan fingerprint density at radius 2 is 2.00 bits per heavy atom. The van der Waals surface area contributed by atoms with Crippen molar-refractivity contribution in [2.24, 2.45) is 5.92 Å². The van der Waals surface area contributed by atoms with Crippen molar-refractivity contribution in [3.05, 3.63) is 35.4 Å². The van der Waals surface area contributed by atoms with E-state index in [1.807, 2.05) is 6.92 Å². The van der Waals surface area contributed by atoms with Gasteiger partial charge in [0.2, 0.25) is 5.91 Å². The fourth-order valence-corrected chi connectivity index (χ4v) is 2.35. The largest absolute Gasteiger partial charge is 0.416 e. The van der Waals surface area contributed by atoms with E-state index >= 15 is 0 Å². The van der Waals surface area contributed by atoms with E-state index in [9.17, 15) is 18.0 Å². The van der Waals surface area contributed by atoms with E-state index in [0.29, 0.717) is 5.56 Å². The van der Waals surface area contributed by atoms with Crippen LogP contribution in [-0.2, 0) is 17.5 Å². The topological polar surface area (TPSA) is 41.1 Å². The Labute approximate surface area is 115 Å². The summed E-state index contributed by atoms with van der Waals surface area (Å²) in [7, 11) is 0. The van der Waals surface area contributed by atoms with Gasteiger partial charge < -0.3 is 10.6 Å². The van der Waals surface area contributed by atoms with Crippen LogP contribution < -0.4 is 10.6 Å². The predicted molar refractivity (Wildman–Crippen MR) is 68.9 cm³/mol. The first-order chi connectivity index (χ1) is 9.38. The number of amides is 1. The Balaban J connectivity index is 1.89. The van der Waals surface area contributed by atoms with Gasteiger partial charge in [0.15, 0.2) is 0 Å². The van der Waals surface area contributed by atoms with Crippen LogP contribution in [0, 0.1) is 5.92 Å². The monoisotopic (exact) mass is 286 g/mol. The molecule has 20 heavy (non-hydrogen) atoms. The summed E-state index contributed by atoms with van der Waals surface area (Å²) >= 11 is 0. The maximum absolute atomic E-state index is 12.4. The highest BCUT2D eigenvalue weighted by atomic mass is 19.4. The van der Waals surface area contributed by atoms with E-state index in [4.69, 9.17) is 0 Å². The average molecular weight is 286 g/mol. The van der Waals surface area contributed by atoms with Gasteiger partial charge in [0.05, 0.1) is 11.5 Å². The second-order valence-electron chi connectivity index (χ2n) is 5.05.